The molecule has 0 saturated carbocycles. The molecule has 0 saturated heterocycles. The zero-order valence-electron chi connectivity index (χ0n) is 9.95. The minimum atomic E-state index is 0.426. The van der Waals surface area contributed by atoms with Crippen molar-refractivity contribution in [2.24, 2.45) is 0 Å². The van der Waals surface area contributed by atoms with Crippen LogP contribution in [0.2, 0.25) is 0 Å². The predicted molar refractivity (Wildman–Crippen MR) is 64.1 cm³/mol. The van der Waals surface area contributed by atoms with Gasteiger partial charge in [-0.05, 0) is 19.0 Å². The number of nitrogens with one attached hydrogen (secondary N) is 1. The van der Waals surface area contributed by atoms with Crippen molar-refractivity contribution >= 4 is 0 Å². The number of ether oxygens (including phenoxy) is 2. The molecule has 0 aromatic heterocycles. The predicted octanol–water partition coefficient (Wildman–Crippen LogP) is 2.52. The lowest BCUT2D eigenvalue weighted by Gasteiger charge is -2.27. The first kappa shape index (κ1) is 11.3. The molecular weight excluding hydrogens is 202 g/mol. The molecule has 16 heavy (non-hydrogen) atoms. The lowest BCUT2D eigenvalue weighted by Crippen LogP contribution is -2.27. The van der Waals surface area contributed by atoms with Crippen molar-refractivity contribution in [3.63, 3.8) is 0 Å². The van der Waals surface area contributed by atoms with Crippen LogP contribution in [0, 0.1) is 0 Å². The van der Waals surface area contributed by atoms with Crippen LogP contribution in [0.25, 0.3) is 0 Å². The van der Waals surface area contributed by atoms with Crippen LogP contribution in [0.5, 0.6) is 11.5 Å². The van der Waals surface area contributed by atoms with E-state index in [-0.39, 0.29) is 0 Å². The molecule has 0 radical (unpaired) electrons. The summed E-state index contributed by atoms with van der Waals surface area (Å²) in [5.74, 6) is 1.81. The van der Waals surface area contributed by atoms with Gasteiger partial charge in [-0.25, -0.2) is 0 Å². The molecule has 0 aliphatic carbocycles. The Bertz CT molecular complexity index is 352. The highest BCUT2D eigenvalue weighted by atomic mass is 16.5. The molecule has 0 amide bonds. The summed E-state index contributed by atoms with van der Waals surface area (Å²) < 4.78 is 10.9. The average Bonchev–Trinajstić information content (AvgIpc) is 2.35. The Balaban J connectivity index is 2.18. The molecule has 0 bridgehead atoms. The van der Waals surface area contributed by atoms with Gasteiger partial charge in [0.15, 0.2) is 0 Å². The van der Waals surface area contributed by atoms with Crippen molar-refractivity contribution < 1.29 is 9.47 Å². The molecule has 1 aromatic carbocycles. The number of hydrogen-bond acceptors (Lipinski definition) is 3. The van der Waals surface area contributed by atoms with E-state index in [1.165, 1.54) is 5.56 Å². The molecule has 2 rings (SSSR count). The zero-order chi connectivity index (χ0) is 11.4. The van der Waals surface area contributed by atoms with Gasteiger partial charge in [0.05, 0.1) is 13.7 Å². The lowest BCUT2D eigenvalue weighted by molar-refractivity contribution is 0.251. The van der Waals surface area contributed by atoms with Crippen LogP contribution in [-0.4, -0.2) is 20.3 Å². The third-order valence-corrected chi connectivity index (χ3v) is 2.90. The van der Waals surface area contributed by atoms with E-state index >= 15 is 0 Å². The van der Waals surface area contributed by atoms with E-state index in [9.17, 15) is 0 Å². The van der Waals surface area contributed by atoms with Crippen LogP contribution in [0.4, 0.5) is 0 Å². The monoisotopic (exact) mass is 221 g/mol. The van der Waals surface area contributed by atoms with Gasteiger partial charge in [0.1, 0.15) is 11.5 Å². The molecule has 1 aliphatic heterocycles. The molecule has 1 atom stereocenters. The van der Waals surface area contributed by atoms with E-state index in [0.29, 0.717) is 6.04 Å². The summed E-state index contributed by atoms with van der Waals surface area (Å²) in [6, 6.07) is 6.48. The maximum Gasteiger partial charge on any atom is 0.127 e. The first-order valence-corrected chi connectivity index (χ1v) is 5.89. The average molecular weight is 221 g/mol. The van der Waals surface area contributed by atoms with Gasteiger partial charge in [0, 0.05) is 24.1 Å². The number of fused-ring (bicyclic) bond motifs is 1. The second-order valence-electron chi connectivity index (χ2n) is 4.05. The van der Waals surface area contributed by atoms with E-state index in [0.717, 1.165) is 37.5 Å². The molecule has 88 valence electrons. The summed E-state index contributed by atoms with van der Waals surface area (Å²) in [6.45, 7) is 4.01. The van der Waals surface area contributed by atoms with Gasteiger partial charge in [0.2, 0.25) is 0 Å². The van der Waals surface area contributed by atoms with Gasteiger partial charge in [-0.1, -0.05) is 13.0 Å². The van der Waals surface area contributed by atoms with E-state index in [2.05, 4.69) is 18.3 Å². The minimum absolute atomic E-state index is 0.426. The van der Waals surface area contributed by atoms with Crippen molar-refractivity contribution in [3.05, 3.63) is 23.8 Å². The number of benzene rings is 1. The molecule has 0 fully saturated rings. The molecule has 1 N–H and O–H groups in total. The standard InChI is InChI=1S/C13H19NO2/c1-3-7-14-12-6-8-16-13-9-10(15-2)4-5-11(12)13/h4-5,9,12,14H,3,6-8H2,1-2H3. The van der Waals surface area contributed by atoms with Gasteiger partial charge in [-0.3, -0.25) is 0 Å². The number of methoxy groups -OCH3 is 1. The molecule has 1 aliphatic rings. The topological polar surface area (TPSA) is 30.5 Å². The number of rotatable bonds is 4. The maximum atomic E-state index is 5.66. The summed E-state index contributed by atoms with van der Waals surface area (Å²) in [7, 11) is 1.68. The SMILES string of the molecule is CCCNC1CCOc2cc(OC)ccc21. The third-order valence-electron chi connectivity index (χ3n) is 2.90. The Morgan fingerprint density at radius 2 is 2.38 bits per heavy atom. The number of hydrogen-bond donors (Lipinski definition) is 1. The Hall–Kier alpha value is -1.22. The van der Waals surface area contributed by atoms with Crippen LogP contribution in [-0.2, 0) is 0 Å². The summed E-state index contributed by atoms with van der Waals surface area (Å²) in [6.07, 6.45) is 2.20. The largest absolute Gasteiger partial charge is 0.497 e. The van der Waals surface area contributed by atoms with Crippen LogP contribution in [0.1, 0.15) is 31.4 Å². The fourth-order valence-corrected chi connectivity index (χ4v) is 2.03. The van der Waals surface area contributed by atoms with Gasteiger partial charge in [0.25, 0.3) is 0 Å². The first-order valence-electron chi connectivity index (χ1n) is 5.89. The van der Waals surface area contributed by atoms with Crippen molar-refractivity contribution in [2.75, 3.05) is 20.3 Å². The Morgan fingerprint density at radius 3 is 3.12 bits per heavy atom. The smallest absolute Gasteiger partial charge is 0.127 e. The molecule has 1 heterocycles. The van der Waals surface area contributed by atoms with Crippen molar-refractivity contribution in [3.8, 4) is 11.5 Å². The van der Waals surface area contributed by atoms with E-state index in [1.54, 1.807) is 7.11 Å². The van der Waals surface area contributed by atoms with Crippen molar-refractivity contribution in [1.29, 1.82) is 0 Å². The summed E-state index contributed by atoms with van der Waals surface area (Å²) in [5.41, 5.74) is 1.25. The van der Waals surface area contributed by atoms with E-state index in [4.69, 9.17) is 9.47 Å². The Labute approximate surface area is 96.8 Å². The molecular formula is C13H19NO2. The van der Waals surface area contributed by atoms with Crippen molar-refractivity contribution in [1.82, 2.24) is 5.32 Å². The molecule has 3 heteroatoms. The highest BCUT2D eigenvalue weighted by molar-refractivity contribution is 5.43. The van der Waals surface area contributed by atoms with Crippen LogP contribution in [0.3, 0.4) is 0 Å². The highest BCUT2D eigenvalue weighted by Gasteiger charge is 2.20. The van der Waals surface area contributed by atoms with E-state index < -0.39 is 0 Å². The summed E-state index contributed by atoms with van der Waals surface area (Å²) in [5, 5.41) is 3.54. The summed E-state index contributed by atoms with van der Waals surface area (Å²) >= 11 is 0. The molecule has 1 aromatic rings. The lowest BCUT2D eigenvalue weighted by atomic mass is 10.0. The maximum absolute atomic E-state index is 5.66. The van der Waals surface area contributed by atoms with Crippen LogP contribution in [0.15, 0.2) is 18.2 Å². The Kier molecular flexibility index (Phi) is 3.67. The fourth-order valence-electron chi connectivity index (χ4n) is 2.03. The van der Waals surface area contributed by atoms with E-state index in [1.807, 2.05) is 12.1 Å². The van der Waals surface area contributed by atoms with Gasteiger partial charge < -0.3 is 14.8 Å². The second-order valence-corrected chi connectivity index (χ2v) is 4.05. The zero-order valence-corrected chi connectivity index (χ0v) is 9.95. The van der Waals surface area contributed by atoms with Crippen molar-refractivity contribution in [2.45, 2.75) is 25.8 Å². The van der Waals surface area contributed by atoms with Crippen LogP contribution >= 0.6 is 0 Å². The van der Waals surface area contributed by atoms with Crippen LogP contribution < -0.4 is 14.8 Å². The molecule has 1 unspecified atom stereocenters. The molecule has 3 nitrogen and oxygen atoms in total. The normalized spacial score (nSPS) is 18.8. The summed E-state index contributed by atoms with van der Waals surface area (Å²) in [4.78, 5) is 0. The second kappa shape index (κ2) is 5.21. The Morgan fingerprint density at radius 1 is 1.50 bits per heavy atom. The first-order chi connectivity index (χ1) is 7.85. The van der Waals surface area contributed by atoms with Gasteiger partial charge in [-0.2, -0.15) is 0 Å². The minimum Gasteiger partial charge on any atom is -0.497 e. The van der Waals surface area contributed by atoms with Gasteiger partial charge >= 0.3 is 0 Å². The fraction of sp³-hybridized carbons (Fsp3) is 0.538. The highest BCUT2D eigenvalue weighted by Crippen LogP contribution is 2.34. The molecule has 0 spiro atoms. The quantitative estimate of drug-likeness (QED) is 0.847. The van der Waals surface area contributed by atoms with Gasteiger partial charge in [-0.15, -0.1) is 0 Å². The third kappa shape index (κ3) is 2.30.